The molecule has 0 radical (unpaired) electrons. The SMILES string of the molecule is CCOC(=O)[C@@H]1CCCN(c2ccc(C(=O)O)cc2NS(=O)(=O)c2ccc(CC(C)C)cc2)C1. The van der Waals surface area contributed by atoms with Crippen molar-refractivity contribution >= 4 is 33.3 Å². The first-order chi connectivity index (χ1) is 16.1. The summed E-state index contributed by atoms with van der Waals surface area (Å²) in [6, 6.07) is 11.0. The van der Waals surface area contributed by atoms with Crippen molar-refractivity contribution in [3.05, 3.63) is 53.6 Å². The molecule has 1 heterocycles. The van der Waals surface area contributed by atoms with E-state index in [1.54, 1.807) is 37.3 Å². The lowest BCUT2D eigenvalue weighted by Crippen LogP contribution is -2.39. The van der Waals surface area contributed by atoms with Gasteiger partial charge in [0.15, 0.2) is 0 Å². The summed E-state index contributed by atoms with van der Waals surface area (Å²) in [5.74, 6) is -1.32. The van der Waals surface area contributed by atoms with Crippen LogP contribution in [0.2, 0.25) is 0 Å². The highest BCUT2D eigenvalue weighted by atomic mass is 32.2. The Bertz CT molecular complexity index is 1130. The van der Waals surface area contributed by atoms with E-state index in [-0.39, 0.29) is 28.0 Å². The third-order valence-electron chi connectivity index (χ3n) is 5.75. The molecule has 0 aliphatic carbocycles. The summed E-state index contributed by atoms with van der Waals surface area (Å²) in [7, 11) is -3.96. The van der Waals surface area contributed by atoms with Crippen molar-refractivity contribution in [1.82, 2.24) is 0 Å². The average Bonchev–Trinajstić information content (AvgIpc) is 2.79. The van der Waals surface area contributed by atoms with Crippen molar-refractivity contribution in [2.24, 2.45) is 11.8 Å². The molecule has 34 heavy (non-hydrogen) atoms. The Kier molecular flexibility index (Phi) is 8.19. The van der Waals surface area contributed by atoms with E-state index in [9.17, 15) is 23.1 Å². The van der Waals surface area contributed by atoms with Gasteiger partial charge in [0.2, 0.25) is 0 Å². The second-order valence-electron chi connectivity index (χ2n) is 8.92. The number of ether oxygens (including phenoxy) is 1. The minimum Gasteiger partial charge on any atom is -0.478 e. The number of piperidine rings is 1. The fraction of sp³-hybridized carbons (Fsp3) is 0.440. The fourth-order valence-electron chi connectivity index (χ4n) is 4.15. The summed E-state index contributed by atoms with van der Waals surface area (Å²) >= 11 is 0. The van der Waals surface area contributed by atoms with E-state index < -0.39 is 16.0 Å². The zero-order valence-corrected chi connectivity index (χ0v) is 20.6. The van der Waals surface area contributed by atoms with Gasteiger partial charge in [0, 0.05) is 13.1 Å². The molecule has 1 aliphatic rings. The van der Waals surface area contributed by atoms with Crippen LogP contribution in [0.4, 0.5) is 11.4 Å². The van der Waals surface area contributed by atoms with Gasteiger partial charge in [-0.25, -0.2) is 13.2 Å². The van der Waals surface area contributed by atoms with Crippen LogP contribution in [-0.2, 0) is 26.0 Å². The molecule has 8 nitrogen and oxygen atoms in total. The molecule has 184 valence electrons. The van der Waals surface area contributed by atoms with Crippen LogP contribution in [-0.4, -0.2) is 45.2 Å². The average molecular weight is 489 g/mol. The van der Waals surface area contributed by atoms with E-state index in [2.05, 4.69) is 18.6 Å². The Balaban J connectivity index is 1.91. The number of carboxylic acid groups (broad SMARTS) is 1. The van der Waals surface area contributed by atoms with Crippen molar-refractivity contribution in [3.63, 3.8) is 0 Å². The number of nitrogens with one attached hydrogen (secondary N) is 1. The minimum absolute atomic E-state index is 0.0346. The molecule has 1 atom stereocenters. The van der Waals surface area contributed by atoms with Crippen LogP contribution in [0.3, 0.4) is 0 Å². The Morgan fingerprint density at radius 2 is 1.88 bits per heavy atom. The van der Waals surface area contributed by atoms with Gasteiger partial charge in [-0.2, -0.15) is 0 Å². The standard InChI is InChI=1S/C25H32N2O6S/c1-4-33-25(30)20-6-5-13-27(16-20)23-12-9-19(24(28)29)15-22(23)26-34(31,32)21-10-7-18(8-11-21)14-17(2)3/h7-12,15,17,20,26H,4-6,13-14,16H2,1-3H3,(H,28,29)/t20-/m1/s1. The molecule has 2 aromatic rings. The molecule has 0 bridgehead atoms. The summed E-state index contributed by atoms with van der Waals surface area (Å²) in [6.45, 7) is 7.21. The lowest BCUT2D eigenvalue weighted by Gasteiger charge is -2.34. The number of aromatic carboxylic acids is 1. The summed E-state index contributed by atoms with van der Waals surface area (Å²) in [4.78, 5) is 25.8. The van der Waals surface area contributed by atoms with Gasteiger partial charge in [-0.1, -0.05) is 26.0 Å². The monoisotopic (exact) mass is 488 g/mol. The van der Waals surface area contributed by atoms with Crippen LogP contribution in [0.5, 0.6) is 0 Å². The highest BCUT2D eigenvalue weighted by Gasteiger charge is 2.29. The molecule has 1 saturated heterocycles. The maximum Gasteiger partial charge on any atom is 0.335 e. The third kappa shape index (κ3) is 6.28. The fourth-order valence-corrected chi connectivity index (χ4v) is 5.22. The van der Waals surface area contributed by atoms with Crippen molar-refractivity contribution in [2.75, 3.05) is 29.3 Å². The van der Waals surface area contributed by atoms with E-state index >= 15 is 0 Å². The number of hydrogen-bond acceptors (Lipinski definition) is 6. The predicted octanol–water partition coefficient (Wildman–Crippen LogP) is 4.16. The number of carboxylic acids is 1. The number of nitrogens with zero attached hydrogens (tertiary/aromatic N) is 1. The molecule has 9 heteroatoms. The van der Waals surface area contributed by atoms with Gasteiger partial charge in [0.25, 0.3) is 10.0 Å². The lowest BCUT2D eigenvalue weighted by molar-refractivity contribution is -0.148. The number of hydrogen-bond donors (Lipinski definition) is 2. The van der Waals surface area contributed by atoms with E-state index in [1.807, 2.05) is 4.90 Å². The quantitative estimate of drug-likeness (QED) is 0.510. The van der Waals surface area contributed by atoms with Crippen LogP contribution >= 0.6 is 0 Å². The van der Waals surface area contributed by atoms with Crippen LogP contribution in [0, 0.1) is 11.8 Å². The maximum absolute atomic E-state index is 13.2. The minimum atomic E-state index is -3.96. The Labute approximate surface area is 201 Å². The van der Waals surface area contributed by atoms with Crippen LogP contribution in [0.1, 0.15) is 49.5 Å². The molecule has 1 aliphatic heterocycles. The van der Waals surface area contributed by atoms with Crippen LogP contribution < -0.4 is 9.62 Å². The molecule has 0 unspecified atom stereocenters. The van der Waals surface area contributed by atoms with E-state index in [0.717, 1.165) is 18.4 Å². The molecule has 0 aromatic heterocycles. The highest BCUT2D eigenvalue weighted by Crippen LogP contribution is 2.33. The second kappa shape index (κ2) is 10.9. The molecular formula is C25H32N2O6S. The number of rotatable bonds is 9. The first-order valence-electron chi connectivity index (χ1n) is 11.5. The number of carbonyl (C=O) groups is 2. The van der Waals surface area contributed by atoms with Gasteiger partial charge in [-0.15, -0.1) is 0 Å². The van der Waals surface area contributed by atoms with Gasteiger partial charge in [0.05, 0.1) is 34.4 Å². The third-order valence-corrected chi connectivity index (χ3v) is 7.13. The van der Waals surface area contributed by atoms with Crippen molar-refractivity contribution in [2.45, 2.75) is 44.9 Å². The van der Waals surface area contributed by atoms with Crippen LogP contribution in [0.25, 0.3) is 0 Å². The van der Waals surface area contributed by atoms with Crippen molar-refractivity contribution in [1.29, 1.82) is 0 Å². The largest absolute Gasteiger partial charge is 0.478 e. The Morgan fingerprint density at radius 1 is 1.18 bits per heavy atom. The van der Waals surface area contributed by atoms with E-state index in [1.165, 1.54) is 12.1 Å². The van der Waals surface area contributed by atoms with E-state index in [0.29, 0.717) is 37.7 Å². The summed E-state index contributed by atoms with van der Waals surface area (Å²) in [5.41, 5.74) is 1.70. The second-order valence-corrected chi connectivity index (χ2v) is 10.6. The van der Waals surface area contributed by atoms with Gasteiger partial charge in [0.1, 0.15) is 0 Å². The van der Waals surface area contributed by atoms with Gasteiger partial charge < -0.3 is 14.7 Å². The van der Waals surface area contributed by atoms with Crippen molar-refractivity contribution < 1.29 is 27.9 Å². The van der Waals surface area contributed by atoms with Crippen molar-refractivity contribution in [3.8, 4) is 0 Å². The smallest absolute Gasteiger partial charge is 0.335 e. The molecule has 2 aromatic carbocycles. The van der Waals surface area contributed by atoms with Gasteiger partial charge in [-0.05, 0) is 68.0 Å². The first kappa shape index (κ1) is 25.6. The molecular weight excluding hydrogens is 456 g/mol. The predicted molar refractivity (Wildman–Crippen MR) is 131 cm³/mol. The Hall–Kier alpha value is -3.07. The van der Waals surface area contributed by atoms with Gasteiger partial charge in [-0.3, -0.25) is 9.52 Å². The number of benzene rings is 2. The lowest BCUT2D eigenvalue weighted by atomic mass is 9.97. The zero-order valence-electron chi connectivity index (χ0n) is 19.8. The molecule has 2 N–H and O–H groups in total. The summed E-state index contributed by atoms with van der Waals surface area (Å²) < 4.78 is 34.1. The molecule has 0 amide bonds. The molecule has 1 fully saturated rings. The normalized spacial score (nSPS) is 16.4. The summed E-state index contributed by atoms with van der Waals surface area (Å²) in [5, 5.41) is 9.45. The summed E-state index contributed by atoms with van der Waals surface area (Å²) in [6.07, 6.45) is 2.26. The molecule has 0 spiro atoms. The number of anilines is 2. The van der Waals surface area contributed by atoms with E-state index in [4.69, 9.17) is 4.74 Å². The number of esters is 1. The molecule has 3 rings (SSSR count). The first-order valence-corrected chi connectivity index (χ1v) is 13.0. The molecule has 0 saturated carbocycles. The number of sulfonamides is 1. The topological polar surface area (TPSA) is 113 Å². The van der Waals surface area contributed by atoms with Gasteiger partial charge >= 0.3 is 11.9 Å². The van der Waals surface area contributed by atoms with Crippen LogP contribution in [0.15, 0.2) is 47.4 Å². The highest BCUT2D eigenvalue weighted by molar-refractivity contribution is 7.92. The maximum atomic E-state index is 13.2. The number of carbonyl (C=O) groups excluding carboxylic acids is 1. The zero-order chi connectivity index (χ0) is 24.9. The Morgan fingerprint density at radius 3 is 2.50 bits per heavy atom.